The first-order valence-corrected chi connectivity index (χ1v) is 8.07. The molecule has 0 unspecified atom stereocenters. The number of rotatable bonds is 6. The Morgan fingerprint density at radius 2 is 2.29 bits per heavy atom. The summed E-state index contributed by atoms with van der Waals surface area (Å²) in [5.41, 5.74) is 3.69. The highest BCUT2D eigenvalue weighted by Crippen LogP contribution is 2.39. The summed E-state index contributed by atoms with van der Waals surface area (Å²) in [6, 6.07) is 3.78. The third-order valence-corrected chi connectivity index (χ3v) is 3.72. The molecule has 0 aromatic heterocycles. The number of halogens is 1. The van der Waals surface area contributed by atoms with Gasteiger partial charge >= 0.3 is 0 Å². The number of fused-ring (bicyclic) bond motifs is 1. The summed E-state index contributed by atoms with van der Waals surface area (Å²) in [4.78, 5) is 0. The normalized spacial score (nSPS) is 12.7. The lowest BCUT2D eigenvalue weighted by atomic mass is 10.2. The second-order valence-electron chi connectivity index (χ2n) is 4.57. The van der Waals surface area contributed by atoms with Gasteiger partial charge in [-0.2, -0.15) is 5.10 Å². The number of unbranched alkanes of at least 4 members (excludes halogenated alkanes) is 2. The average Bonchev–Trinajstić information content (AvgIpc) is 2.92. The Labute approximate surface area is 138 Å². The van der Waals surface area contributed by atoms with Crippen LogP contribution < -0.4 is 20.2 Å². The van der Waals surface area contributed by atoms with Gasteiger partial charge in [0.05, 0.1) is 10.7 Å². The number of benzene rings is 1. The van der Waals surface area contributed by atoms with E-state index >= 15 is 0 Å². The van der Waals surface area contributed by atoms with Crippen molar-refractivity contribution in [2.45, 2.75) is 26.2 Å². The summed E-state index contributed by atoms with van der Waals surface area (Å²) in [6.07, 6.45) is 5.19. The van der Waals surface area contributed by atoms with Crippen molar-refractivity contribution in [1.82, 2.24) is 10.7 Å². The van der Waals surface area contributed by atoms with Gasteiger partial charge in [-0.15, -0.1) is 0 Å². The van der Waals surface area contributed by atoms with Crippen molar-refractivity contribution >= 4 is 39.5 Å². The minimum atomic E-state index is 0.249. The molecule has 0 radical (unpaired) electrons. The summed E-state index contributed by atoms with van der Waals surface area (Å²) >= 11 is 8.58. The van der Waals surface area contributed by atoms with Gasteiger partial charge in [0.1, 0.15) is 0 Å². The topological polar surface area (TPSA) is 54.9 Å². The number of hydrazone groups is 1. The molecule has 1 aliphatic rings. The summed E-state index contributed by atoms with van der Waals surface area (Å²) in [7, 11) is 0. The van der Waals surface area contributed by atoms with Crippen LogP contribution in [0.25, 0.3) is 0 Å². The van der Waals surface area contributed by atoms with Gasteiger partial charge in [0, 0.05) is 6.54 Å². The first-order valence-electron chi connectivity index (χ1n) is 6.86. The second kappa shape index (κ2) is 8.19. The summed E-state index contributed by atoms with van der Waals surface area (Å²) in [5, 5.41) is 7.75. The lowest BCUT2D eigenvalue weighted by Gasteiger charge is -2.06. The van der Waals surface area contributed by atoms with Crippen LogP contribution in [0.5, 0.6) is 11.5 Å². The highest BCUT2D eigenvalue weighted by atomic mass is 79.9. The van der Waals surface area contributed by atoms with Crippen LogP contribution in [0.4, 0.5) is 0 Å². The average molecular weight is 372 g/mol. The van der Waals surface area contributed by atoms with Gasteiger partial charge in [-0.3, -0.25) is 5.43 Å². The highest BCUT2D eigenvalue weighted by molar-refractivity contribution is 9.10. The van der Waals surface area contributed by atoms with Gasteiger partial charge in [0.25, 0.3) is 0 Å². The van der Waals surface area contributed by atoms with Crippen LogP contribution in [0.15, 0.2) is 21.7 Å². The van der Waals surface area contributed by atoms with E-state index in [9.17, 15) is 0 Å². The largest absolute Gasteiger partial charge is 0.454 e. The van der Waals surface area contributed by atoms with Crippen molar-refractivity contribution in [3.63, 3.8) is 0 Å². The van der Waals surface area contributed by atoms with Gasteiger partial charge in [0.2, 0.25) is 6.79 Å². The highest BCUT2D eigenvalue weighted by Gasteiger charge is 2.17. The smallest absolute Gasteiger partial charge is 0.231 e. The Kier molecular flexibility index (Phi) is 6.25. The molecule has 2 rings (SSSR count). The lowest BCUT2D eigenvalue weighted by molar-refractivity contribution is 0.173. The zero-order chi connectivity index (χ0) is 15.1. The minimum absolute atomic E-state index is 0.249. The zero-order valence-electron chi connectivity index (χ0n) is 11.8. The van der Waals surface area contributed by atoms with Crippen molar-refractivity contribution in [2.75, 3.05) is 13.3 Å². The van der Waals surface area contributed by atoms with Gasteiger partial charge in [-0.05, 0) is 52.3 Å². The van der Waals surface area contributed by atoms with Gasteiger partial charge in [-0.1, -0.05) is 19.8 Å². The molecule has 1 aliphatic heterocycles. The monoisotopic (exact) mass is 371 g/mol. The fraction of sp³-hybridized carbons (Fsp3) is 0.429. The molecule has 21 heavy (non-hydrogen) atoms. The number of nitrogens with zero attached hydrogens (tertiary/aromatic N) is 1. The first-order chi connectivity index (χ1) is 10.2. The molecule has 7 heteroatoms. The fourth-order valence-electron chi connectivity index (χ4n) is 1.84. The van der Waals surface area contributed by atoms with Crippen molar-refractivity contribution in [3.05, 3.63) is 22.2 Å². The van der Waals surface area contributed by atoms with Gasteiger partial charge in [0.15, 0.2) is 16.6 Å². The SMILES string of the molecule is CCCCCNC(=S)N/N=C\c1cc(Br)c2c(c1)OCO2. The summed E-state index contributed by atoms with van der Waals surface area (Å²) < 4.78 is 11.5. The summed E-state index contributed by atoms with van der Waals surface area (Å²) in [5.74, 6) is 1.44. The number of hydrogen-bond acceptors (Lipinski definition) is 4. The maximum atomic E-state index is 5.35. The van der Waals surface area contributed by atoms with E-state index in [1.807, 2.05) is 12.1 Å². The molecule has 1 aromatic carbocycles. The zero-order valence-corrected chi connectivity index (χ0v) is 14.2. The molecule has 1 aromatic rings. The molecule has 0 saturated heterocycles. The van der Waals surface area contributed by atoms with Crippen LogP contribution in [0, 0.1) is 0 Å². The van der Waals surface area contributed by atoms with Crippen LogP contribution >= 0.6 is 28.1 Å². The number of hydrogen-bond donors (Lipinski definition) is 2. The van der Waals surface area contributed by atoms with Crippen LogP contribution in [0.3, 0.4) is 0 Å². The van der Waals surface area contributed by atoms with E-state index in [1.165, 1.54) is 12.8 Å². The van der Waals surface area contributed by atoms with Crippen LogP contribution in [0.2, 0.25) is 0 Å². The van der Waals surface area contributed by atoms with E-state index in [2.05, 4.69) is 38.7 Å². The van der Waals surface area contributed by atoms with Crippen molar-refractivity contribution in [2.24, 2.45) is 5.10 Å². The predicted octanol–water partition coefficient (Wildman–Crippen LogP) is 3.17. The molecule has 1 heterocycles. The van der Waals surface area contributed by atoms with E-state index in [-0.39, 0.29) is 6.79 Å². The first kappa shape index (κ1) is 16.0. The molecule has 0 amide bonds. The van der Waals surface area contributed by atoms with E-state index in [4.69, 9.17) is 21.7 Å². The molecule has 0 fully saturated rings. The van der Waals surface area contributed by atoms with E-state index in [0.717, 1.165) is 28.8 Å². The maximum Gasteiger partial charge on any atom is 0.231 e. The van der Waals surface area contributed by atoms with Crippen molar-refractivity contribution in [3.8, 4) is 11.5 Å². The van der Waals surface area contributed by atoms with Crippen LogP contribution in [-0.2, 0) is 0 Å². The molecule has 0 atom stereocenters. The summed E-state index contributed by atoms with van der Waals surface area (Å²) in [6.45, 7) is 3.29. The molecule has 0 bridgehead atoms. The Hall–Kier alpha value is -1.34. The van der Waals surface area contributed by atoms with Crippen molar-refractivity contribution in [1.29, 1.82) is 0 Å². The van der Waals surface area contributed by atoms with E-state index in [1.54, 1.807) is 6.21 Å². The minimum Gasteiger partial charge on any atom is -0.454 e. The molecule has 2 N–H and O–H groups in total. The number of thiocarbonyl (C=S) groups is 1. The third-order valence-electron chi connectivity index (χ3n) is 2.90. The number of nitrogens with one attached hydrogen (secondary N) is 2. The fourth-order valence-corrected chi connectivity index (χ4v) is 2.57. The second-order valence-corrected chi connectivity index (χ2v) is 5.83. The molecule has 5 nitrogen and oxygen atoms in total. The number of ether oxygens (including phenoxy) is 2. The molecular formula is C14H18BrN3O2S. The predicted molar refractivity (Wildman–Crippen MR) is 91.1 cm³/mol. The standard InChI is InChI=1S/C14H18BrN3O2S/c1-2-3-4-5-16-14(21)18-17-8-10-6-11(15)13-12(7-10)19-9-20-13/h6-8H,2-5,9H2,1H3,(H2,16,18,21)/b17-8-. The lowest BCUT2D eigenvalue weighted by Crippen LogP contribution is -2.32. The van der Waals surface area contributed by atoms with Gasteiger partial charge in [-0.25, -0.2) is 0 Å². The Morgan fingerprint density at radius 1 is 1.43 bits per heavy atom. The molecular weight excluding hydrogens is 354 g/mol. The quantitative estimate of drug-likeness (QED) is 0.348. The van der Waals surface area contributed by atoms with Gasteiger partial charge < -0.3 is 14.8 Å². The molecule has 0 aliphatic carbocycles. The third kappa shape index (κ3) is 4.86. The Balaban J connectivity index is 1.82. The van der Waals surface area contributed by atoms with E-state index < -0.39 is 0 Å². The van der Waals surface area contributed by atoms with Crippen molar-refractivity contribution < 1.29 is 9.47 Å². The Morgan fingerprint density at radius 3 is 3.10 bits per heavy atom. The van der Waals surface area contributed by atoms with E-state index in [0.29, 0.717) is 10.9 Å². The Bertz CT molecular complexity index is 537. The van der Waals surface area contributed by atoms with Crippen LogP contribution in [-0.4, -0.2) is 24.7 Å². The molecule has 0 spiro atoms. The maximum absolute atomic E-state index is 5.35. The molecule has 0 saturated carbocycles. The van der Waals surface area contributed by atoms with Crippen LogP contribution in [0.1, 0.15) is 31.7 Å². The molecule has 114 valence electrons.